The molecular weight excluding hydrogens is 388 g/mol. The lowest BCUT2D eigenvalue weighted by Crippen LogP contribution is -2.41. The number of para-hydroxylation sites is 1. The highest BCUT2D eigenvalue weighted by Gasteiger charge is 2.28. The van der Waals surface area contributed by atoms with Crippen molar-refractivity contribution in [2.45, 2.75) is 19.8 Å². The Kier molecular flexibility index (Phi) is 5.08. The molecule has 0 bridgehead atoms. The normalized spacial score (nSPS) is 16.4. The quantitative estimate of drug-likeness (QED) is 0.549. The lowest BCUT2D eigenvalue weighted by Gasteiger charge is -2.33. The largest absolute Gasteiger partial charge is 0.355 e. The van der Waals surface area contributed by atoms with Crippen molar-refractivity contribution < 1.29 is 4.79 Å². The minimum absolute atomic E-state index is 0.0561. The minimum Gasteiger partial charge on any atom is -0.355 e. The second-order valence-corrected chi connectivity index (χ2v) is 7.99. The highest BCUT2D eigenvalue weighted by molar-refractivity contribution is 5.93. The van der Waals surface area contributed by atoms with Gasteiger partial charge in [-0.25, -0.2) is 14.6 Å². The number of fused-ring (bicyclic) bond motifs is 1. The number of piperidine rings is 1. The average molecular weight is 412 g/mol. The Labute approximate surface area is 180 Å². The summed E-state index contributed by atoms with van der Waals surface area (Å²) in [5.41, 5.74) is 3.60. The van der Waals surface area contributed by atoms with Gasteiger partial charge in [0.05, 0.1) is 17.0 Å². The molecule has 1 N–H and O–H groups in total. The second kappa shape index (κ2) is 8.18. The topological polar surface area (TPSA) is 75.9 Å². The molecule has 1 unspecified atom stereocenters. The Bertz CT molecular complexity index is 1220. The van der Waals surface area contributed by atoms with Crippen LogP contribution in [0.5, 0.6) is 0 Å². The van der Waals surface area contributed by atoms with Crippen molar-refractivity contribution in [1.29, 1.82) is 0 Å². The number of amides is 1. The number of anilines is 2. The molecule has 0 spiro atoms. The van der Waals surface area contributed by atoms with Gasteiger partial charge in [0.25, 0.3) is 0 Å². The molecule has 31 heavy (non-hydrogen) atoms. The van der Waals surface area contributed by atoms with Gasteiger partial charge in [0, 0.05) is 25.0 Å². The number of hydrogen-bond acceptors (Lipinski definition) is 5. The molecule has 1 saturated heterocycles. The molecule has 1 aliphatic heterocycles. The number of carbonyl (C=O) groups excluding carboxylic acids is 1. The first kappa shape index (κ1) is 19.2. The van der Waals surface area contributed by atoms with Crippen LogP contribution in [0.15, 0.2) is 67.1 Å². The predicted octanol–water partition coefficient (Wildman–Crippen LogP) is 3.98. The highest BCUT2D eigenvalue weighted by Crippen LogP contribution is 2.28. The third-order valence-electron chi connectivity index (χ3n) is 5.69. The zero-order chi connectivity index (χ0) is 21.2. The maximum absolute atomic E-state index is 12.9. The van der Waals surface area contributed by atoms with Gasteiger partial charge < -0.3 is 10.2 Å². The summed E-state index contributed by atoms with van der Waals surface area (Å²) in [6.07, 6.45) is 5.32. The van der Waals surface area contributed by atoms with Crippen molar-refractivity contribution in [2.75, 3.05) is 23.3 Å². The van der Waals surface area contributed by atoms with E-state index in [0.717, 1.165) is 47.5 Å². The van der Waals surface area contributed by atoms with Gasteiger partial charge in [0.1, 0.15) is 12.1 Å². The molecule has 0 saturated carbocycles. The SMILES string of the molecule is Cc1cccc(NC(=O)C2CCCN(c3ncnc4nn(-c5ccccc5)cc34)C2)c1. The molecule has 0 aliphatic carbocycles. The fraction of sp³-hybridized carbons (Fsp3) is 0.250. The Morgan fingerprint density at radius 2 is 1.97 bits per heavy atom. The summed E-state index contributed by atoms with van der Waals surface area (Å²) in [5.74, 6) is 0.796. The molecule has 3 heterocycles. The number of rotatable bonds is 4. The Hall–Kier alpha value is -3.74. The van der Waals surface area contributed by atoms with Crippen molar-refractivity contribution in [2.24, 2.45) is 5.92 Å². The van der Waals surface area contributed by atoms with Crippen LogP contribution in [-0.4, -0.2) is 38.7 Å². The maximum Gasteiger partial charge on any atom is 0.229 e. The van der Waals surface area contributed by atoms with Crippen LogP contribution in [0, 0.1) is 12.8 Å². The van der Waals surface area contributed by atoms with Crippen molar-refractivity contribution in [3.05, 3.63) is 72.7 Å². The maximum atomic E-state index is 12.9. The monoisotopic (exact) mass is 412 g/mol. The van der Waals surface area contributed by atoms with Crippen molar-refractivity contribution in [3.8, 4) is 5.69 Å². The highest BCUT2D eigenvalue weighted by atomic mass is 16.1. The molecule has 7 heteroatoms. The molecule has 1 fully saturated rings. The van der Waals surface area contributed by atoms with Crippen LogP contribution in [0.3, 0.4) is 0 Å². The van der Waals surface area contributed by atoms with Gasteiger partial charge in [-0.2, -0.15) is 0 Å². The van der Waals surface area contributed by atoms with E-state index in [0.29, 0.717) is 12.2 Å². The number of carbonyl (C=O) groups is 1. The van der Waals surface area contributed by atoms with Gasteiger partial charge in [0.2, 0.25) is 5.91 Å². The van der Waals surface area contributed by atoms with Gasteiger partial charge in [-0.05, 0) is 49.6 Å². The Morgan fingerprint density at radius 1 is 1.10 bits per heavy atom. The molecule has 0 radical (unpaired) electrons. The lowest BCUT2D eigenvalue weighted by atomic mass is 9.96. The molecular formula is C24H24N6O. The number of aryl methyl sites for hydroxylation is 1. The summed E-state index contributed by atoms with van der Waals surface area (Å²) >= 11 is 0. The number of benzene rings is 2. The molecule has 1 atom stereocenters. The summed E-state index contributed by atoms with van der Waals surface area (Å²) in [5, 5.41) is 8.58. The Morgan fingerprint density at radius 3 is 2.81 bits per heavy atom. The standard InChI is InChI=1S/C24H24N6O/c1-17-7-5-9-19(13-17)27-24(31)18-8-6-12-29(14-18)23-21-15-30(20-10-3-2-4-11-20)28-22(21)25-16-26-23/h2-5,7,9-11,13,15-16,18H,6,8,12,14H2,1H3,(H,27,31). The number of hydrogen-bond donors (Lipinski definition) is 1. The summed E-state index contributed by atoms with van der Waals surface area (Å²) < 4.78 is 1.83. The van der Waals surface area contributed by atoms with E-state index in [4.69, 9.17) is 0 Å². The second-order valence-electron chi connectivity index (χ2n) is 7.99. The fourth-order valence-corrected chi connectivity index (χ4v) is 4.14. The molecule has 2 aromatic heterocycles. The first-order chi connectivity index (χ1) is 15.2. The zero-order valence-electron chi connectivity index (χ0n) is 17.4. The van der Waals surface area contributed by atoms with Gasteiger partial charge in [-0.3, -0.25) is 4.79 Å². The van der Waals surface area contributed by atoms with Crippen LogP contribution in [0.2, 0.25) is 0 Å². The van der Waals surface area contributed by atoms with Crippen molar-refractivity contribution in [1.82, 2.24) is 19.7 Å². The summed E-state index contributed by atoms with van der Waals surface area (Å²) in [6, 6.07) is 17.9. The van der Waals surface area contributed by atoms with Crippen LogP contribution in [0.25, 0.3) is 16.7 Å². The predicted molar refractivity (Wildman–Crippen MR) is 121 cm³/mol. The summed E-state index contributed by atoms with van der Waals surface area (Å²) in [7, 11) is 0. The van der Waals surface area contributed by atoms with Crippen LogP contribution in [0.4, 0.5) is 11.5 Å². The van der Waals surface area contributed by atoms with E-state index in [1.54, 1.807) is 6.33 Å². The molecule has 2 aromatic carbocycles. The smallest absolute Gasteiger partial charge is 0.229 e. The van der Waals surface area contributed by atoms with Crippen LogP contribution >= 0.6 is 0 Å². The van der Waals surface area contributed by atoms with Gasteiger partial charge >= 0.3 is 0 Å². The third kappa shape index (κ3) is 3.99. The zero-order valence-corrected chi connectivity index (χ0v) is 17.4. The fourth-order valence-electron chi connectivity index (χ4n) is 4.14. The molecule has 1 aliphatic rings. The average Bonchev–Trinajstić information content (AvgIpc) is 3.24. The van der Waals surface area contributed by atoms with Crippen molar-refractivity contribution >= 4 is 28.4 Å². The summed E-state index contributed by atoms with van der Waals surface area (Å²) in [6.45, 7) is 3.51. The molecule has 7 nitrogen and oxygen atoms in total. The Balaban J connectivity index is 1.38. The number of nitrogens with one attached hydrogen (secondary N) is 1. The molecule has 156 valence electrons. The van der Waals surface area contributed by atoms with E-state index in [1.165, 1.54) is 0 Å². The van der Waals surface area contributed by atoms with E-state index in [9.17, 15) is 4.79 Å². The van der Waals surface area contributed by atoms with Gasteiger partial charge in [-0.1, -0.05) is 30.3 Å². The van der Waals surface area contributed by atoms with Crippen LogP contribution < -0.4 is 10.2 Å². The van der Waals surface area contributed by atoms with Gasteiger partial charge in [0.15, 0.2) is 5.65 Å². The number of aromatic nitrogens is 4. The van der Waals surface area contributed by atoms with Gasteiger partial charge in [-0.15, -0.1) is 5.10 Å². The minimum atomic E-state index is -0.0940. The van der Waals surface area contributed by atoms with E-state index < -0.39 is 0 Å². The molecule has 5 rings (SSSR count). The van der Waals surface area contributed by atoms with Crippen LogP contribution in [0.1, 0.15) is 18.4 Å². The molecule has 1 amide bonds. The van der Waals surface area contributed by atoms with E-state index in [1.807, 2.05) is 72.4 Å². The summed E-state index contributed by atoms with van der Waals surface area (Å²) in [4.78, 5) is 24.0. The van der Waals surface area contributed by atoms with E-state index >= 15 is 0 Å². The number of nitrogens with zero attached hydrogens (tertiary/aromatic N) is 5. The van der Waals surface area contributed by atoms with Crippen molar-refractivity contribution in [3.63, 3.8) is 0 Å². The van der Waals surface area contributed by atoms with E-state index in [2.05, 4.69) is 25.3 Å². The third-order valence-corrected chi connectivity index (χ3v) is 5.69. The first-order valence-electron chi connectivity index (χ1n) is 10.6. The molecule has 4 aromatic rings. The van der Waals surface area contributed by atoms with E-state index in [-0.39, 0.29) is 11.8 Å². The lowest BCUT2D eigenvalue weighted by molar-refractivity contribution is -0.120. The first-order valence-corrected chi connectivity index (χ1v) is 10.6. The van der Waals surface area contributed by atoms with Crippen LogP contribution in [-0.2, 0) is 4.79 Å².